The lowest BCUT2D eigenvalue weighted by atomic mass is 10.2. The highest BCUT2D eigenvalue weighted by atomic mass is 16.5. The van der Waals surface area contributed by atoms with Crippen LogP contribution < -0.4 is 10.2 Å². The maximum atomic E-state index is 5.15. The lowest BCUT2D eigenvalue weighted by molar-refractivity contribution is 0.199. The first-order valence-electron chi connectivity index (χ1n) is 7.09. The van der Waals surface area contributed by atoms with E-state index in [4.69, 9.17) is 9.47 Å². The van der Waals surface area contributed by atoms with Gasteiger partial charge in [0.15, 0.2) is 0 Å². The summed E-state index contributed by atoms with van der Waals surface area (Å²) in [4.78, 5) is 6.79. The van der Waals surface area contributed by atoms with Crippen LogP contribution in [0.25, 0.3) is 0 Å². The zero-order valence-electron chi connectivity index (χ0n) is 13.1. The molecule has 0 saturated carbocycles. The highest BCUT2D eigenvalue weighted by Crippen LogP contribution is 2.14. The van der Waals surface area contributed by atoms with E-state index in [9.17, 15) is 0 Å². The number of aromatic nitrogens is 1. The summed E-state index contributed by atoms with van der Waals surface area (Å²) in [7, 11) is 3.43. The zero-order chi connectivity index (χ0) is 14.8. The van der Waals surface area contributed by atoms with Gasteiger partial charge in [0.05, 0.1) is 13.2 Å². The van der Waals surface area contributed by atoms with Gasteiger partial charge >= 0.3 is 0 Å². The number of anilines is 1. The molecule has 0 aliphatic rings. The molecule has 1 aromatic heterocycles. The van der Waals surface area contributed by atoms with E-state index >= 15 is 0 Å². The smallest absolute Gasteiger partial charge is 0.128 e. The van der Waals surface area contributed by atoms with Crippen molar-refractivity contribution in [1.29, 1.82) is 0 Å². The van der Waals surface area contributed by atoms with E-state index in [0.717, 1.165) is 32.1 Å². The predicted molar refractivity (Wildman–Crippen MR) is 82.2 cm³/mol. The lowest BCUT2D eigenvalue weighted by Crippen LogP contribution is -2.34. The molecule has 1 aromatic rings. The number of rotatable bonds is 10. The lowest BCUT2D eigenvalue weighted by Gasteiger charge is -2.27. The molecule has 0 amide bonds. The summed E-state index contributed by atoms with van der Waals surface area (Å²) in [5.41, 5.74) is 1.18. The van der Waals surface area contributed by atoms with Crippen molar-refractivity contribution in [2.24, 2.45) is 0 Å². The Morgan fingerprint density at radius 1 is 1.20 bits per heavy atom. The van der Waals surface area contributed by atoms with Crippen molar-refractivity contribution in [3.63, 3.8) is 0 Å². The highest BCUT2D eigenvalue weighted by molar-refractivity contribution is 5.40. The Labute approximate surface area is 122 Å². The van der Waals surface area contributed by atoms with Gasteiger partial charge in [-0.1, -0.05) is 6.07 Å². The van der Waals surface area contributed by atoms with E-state index in [2.05, 4.69) is 41.2 Å². The van der Waals surface area contributed by atoms with E-state index in [-0.39, 0.29) is 0 Å². The highest BCUT2D eigenvalue weighted by Gasteiger charge is 2.11. The summed E-state index contributed by atoms with van der Waals surface area (Å²) >= 11 is 0. The van der Waals surface area contributed by atoms with Crippen LogP contribution in [0.1, 0.15) is 19.4 Å². The number of nitrogens with one attached hydrogen (secondary N) is 1. The molecule has 5 nitrogen and oxygen atoms in total. The monoisotopic (exact) mass is 281 g/mol. The summed E-state index contributed by atoms with van der Waals surface area (Å²) in [6.07, 6.45) is 1.93. The molecular formula is C15H27N3O2. The third-order valence-corrected chi connectivity index (χ3v) is 3.08. The molecule has 0 unspecified atom stereocenters. The second-order valence-electron chi connectivity index (χ2n) is 4.97. The largest absolute Gasteiger partial charge is 0.383 e. The number of hydrogen-bond acceptors (Lipinski definition) is 5. The summed E-state index contributed by atoms with van der Waals surface area (Å²) < 4.78 is 10.2. The second kappa shape index (κ2) is 9.69. The van der Waals surface area contributed by atoms with Crippen molar-refractivity contribution >= 4 is 5.82 Å². The SMILES string of the molecule is COCCNCc1ccc(N(CCOC)C(C)C)nc1. The molecule has 1 rings (SSSR count). The number of pyridine rings is 1. The van der Waals surface area contributed by atoms with Crippen LogP contribution in [0.5, 0.6) is 0 Å². The van der Waals surface area contributed by atoms with Crippen molar-refractivity contribution in [2.45, 2.75) is 26.4 Å². The third-order valence-electron chi connectivity index (χ3n) is 3.08. The van der Waals surface area contributed by atoms with Crippen LogP contribution in [-0.2, 0) is 16.0 Å². The Morgan fingerprint density at radius 2 is 1.95 bits per heavy atom. The first-order chi connectivity index (χ1) is 9.69. The molecule has 5 heteroatoms. The number of ether oxygens (including phenoxy) is 2. The molecule has 20 heavy (non-hydrogen) atoms. The molecular weight excluding hydrogens is 254 g/mol. The summed E-state index contributed by atoms with van der Waals surface area (Å²) in [5.74, 6) is 0.998. The Balaban J connectivity index is 2.54. The molecule has 0 radical (unpaired) electrons. The normalized spacial score (nSPS) is 11.1. The van der Waals surface area contributed by atoms with Crippen LogP contribution in [0.3, 0.4) is 0 Å². The number of nitrogens with zero attached hydrogens (tertiary/aromatic N) is 2. The third kappa shape index (κ3) is 5.86. The minimum absolute atomic E-state index is 0.406. The van der Waals surface area contributed by atoms with Gasteiger partial charge in [-0.25, -0.2) is 4.98 Å². The quantitative estimate of drug-likeness (QED) is 0.661. The second-order valence-corrected chi connectivity index (χ2v) is 4.97. The molecule has 0 aliphatic carbocycles. The van der Waals surface area contributed by atoms with Crippen molar-refractivity contribution < 1.29 is 9.47 Å². The summed E-state index contributed by atoms with van der Waals surface area (Å²) in [5, 5.41) is 3.31. The molecule has 0 fully saturated rings. The molecule has 0 bridgehead atoms. The topological polar surface area (TPSA) is 46.6 Å². The van der Waals surface area contributed by atoms with E-state index in [1.54, 1.807) is 14.2 Å². The van der Waals surface area contributed by atoms with Crippen molar-refractivity contribution in [1.82, 2.24) is 10.3 Å². The molecule has 0 aromatic carbocycles. The predicted octanol–water partition coefficient (Wildman–Crippen LogP) is 1.68. The average molecular weight is 281 g/mol. The van der Waals surface area contributed by atoms with Crippen molar-refractivity contribution in [3.8, 4) is 0 Å². The fraction of sp³-hybridized carbons (Fsp3) is 0.667. The van der Waals surface area contributed by atoms with Crippen LogP contribution in [-0.4, -0.2) is 51.5 Å². The van der Waals surface area contributed by atoms with Crippen LogP contribution in [0.4, 0.5) is 5.82 Å². The first-order valence-corrected chi connectivity index (χ1v) is 7.09. The van der Waals surface area contributed by atoms with Gasteiger partial charge in [-0.15, -0.1) is 0 Å². The van der Waals surface area contributed by atoms with Crippen LogP contribution in [0.15, 0.2) is 18.3 Å². The van der Waals surface area contributed by atoms with Gasteiger partial charge in [-0.2, -0.15) is 0 Å². The van der Waals surface area contributed by atoms with E-state index < -0.39 is 0 Å². The minimum atomic E-state index is 0.406. The van der Waals surface area contributed by atoms with Crippen LogP contribution >= 0.6 is 0 Å². The maximum Gasteiger partial charge on any atom is 0.128 e. The van der Waals surface area contributed by atoms with Gasteiger partial charge in [-0.05, 0) is 25.5 Å². The van der Waals surface area contributed by atoms with Gasteiger partial charge in [0.25, 0.3) is 0 Å². The van der Waals surface area contributed by atoms with Gasteiger partial charge in [0.2, 0.25) is 0 Å². The maximum absolute atomic E-state index is 5.15. The summed E-state index contributed by atoms with van der Waals surface area (Å²) in [6, 6.07) is 4.59. The summed E-state index contributed by atoms with van der Waals surface area (Å²) in [6.45, 7) is 8.28. The van der Waals surface area contributed by atoms with Gasteiger partial charge in [-0.3, -0.25) is 0 Å². The standard InChI is InChI=1S/C15H27N3O2/c1-13(2)18(8-10-20-4)15-6-5-14(12-17-15)11-16-7-9-19-3/h5-6,12-13,16H,7-11H2,1-4H3. The molecule has 114 valence electrons. The molecule has 0 saturated heterocycles. The van der Waals surface area contributed by atoms with Crippen LogP contribution in [0, 0.1) is 0 Å². The van der Waals surface area contributed by atoms with E-state index in [1.807, 2.05) is 6.20 Å². The van der Waals surface area contributed by atoms with Crippen molar-refractivity contribution in [3.05, 3.63) is 23.9 Å². The Kier molecular flexibility index (Phi) is 8.18. The Bertz CT molecular complexity index is 355. The van der Waals surface area contributed by atoms with Gasteiger partial charge in [0.1, 0.15) is 5.82 Å². The van der Waals surface area contributed by atoms with Gasteiger partial charge < -0.3 is 19.7 Å². The molecule has 0 aliphatic heterocycles. The van der Waals surface area contributed by atoms with E-state index in [1.165, 1.54) is 5.56 Å². The number of methoxy groups -OCH3 is 2. The molecule has 1 heterocycles. The molecule has 1 N–H and O–H groups in total. The van der Waals surface area contributed by atoms with Gasteiger partial charge in [0, 0.05) is 46.1 Å². The van der Waals surface area contributed by atoms with E-state index in [0.29, 0.717) is 12.6 Å². The Hall–Kier alpha value is -1.17. The first kappa shape index (κ1) is 16.9. The molecule has 0 spiro atoms. The minimum Gasteiger partial charge on any atom is -0.383 e. The zero-order valence-corrected chi connectivity index (χ0v) is 13.1. The fourth-order valence-electron chi connectivity index (χ4n) is 1.93. The number of hydrogen-bond donors (Lipinski definition) is 1. The molecule has 0 atom stereocenters. The average Bonchev–Trinajstić information content (AvgIpc) is 2.45. The Morgan fingerprint density at radius 3 is 2.50 bits per heavy atom. The van der Waals surface area contributed by atoms with Crippen LogP contribution in [0.2, 0.25) is 0 Å². The van der Waals surface area contributed by atoms with Crippen molar-refractivity contribution in [2.75, 3.05) is 45.4 Å². The fourth-order valence-corrected chi connectivity index (χ4v) is 1.93.